The molecule has 0 radical (unpaired) electrons. The van der Waals surface area contributed by atoms with Gasteiger partial charge in [0.05, 0.1) is 19.8 Å². The Morgan fingerprint density at radius 1 is 1.07 bits per heavy atom. The van der Waals surface area contributed by atoms with E-state index < -0.39 is 0 Å². The molecule has 0 aliphatic carbocycles. The van der Waals surface area contributed by atoms with Crippen LogP contribution in [-0.4, -0.2) is 63.4 Å². The van der Waals surface area contributed by atoms with Gasteiger partial charge < -0.3 is 19.1 Å². The molecule has 0 spiro atoms. The van der Waals surface area contributed by atoms with Crippen molar-refractivity contribution in [2.24, 2.45) is 5.92 Å². The fourth-order valence-electron chi connectivity index (χ4n) is 2.91. The number of hydrogen-bond donors (Lipinski definition) is 0. The summed E-state index contributed by atoms with van der Waals surface area (Å²) in [7, 11) is 1.68. The van der Waals surface area contributed by atoms with Gasteiger partial charge in [-0.1, -0.05) is 27.7 Å². The van der Waals surface area contributed by atoms with Gasteiger partial charge in [0.15, 0.2) is 5.78 Å². The third kappa shape index (κ3) is 8.87. The van der Waals surface area contributed by atoms with E-state index in [2.05, 4.69) is 4.90 Å². The maximum atomic E-state index is 12.0. The van der Waals surface area contributed by atoms with E-state index in [1.54, 1.807) is 7.11 Å². The summed E-state index contributed by atoms with van der Waals surface area (Å²) < 4.78 is 16.6. The second-order valence-corrected chi connectivity index (χ2v) is 6.81. The van der Waals surface area contributed by atoms with E-state index in [0.717, 1.165) is 50.4 Å². The van der Waals surface area contributed by atoms with Crippen molar-refractivity contribution in [1.82, 2.24) is 4.90 Å². The van der Waals surface area contributed by atoms with Gasteiger partial charge in [-0.25, -0.2) is 0 Å². The van der Waals surface area contributed by atoms with Gasteiger partial charge in [0.1, 0.15) is 11.9 Å². The molecule has 1 fully saturated rings. The Morgan fingerprint density at radius 2 is 1.70 bits per heavy atom. The minimum atomic E-state index is 0.0228. The van der Waals surface area contributed by atoms with Crippen molar-refractivity contribution in [3.8, 4) is 5.75 Å². The van der Waals surface area contributed by atoms with Gasteiger partial charge in [-0.2, -0.15) is 0 Å². The number of carbonyl (C=O) groups excluding carboxylic acids is 1. The van der Waals surface area contributed by atoms with Crippen LogP contribution in [0.2, 0.25) is 0 Å². The van der Waals surface area contributed by atoms with Crippen LogP contribution in [0.3, 0.4) is 0 Å². The van der Waals surface area contributed by atoms with Crippen molar-refractivity contribution < 1.29 is 19.0 Å². The molecule has 1 saturated heterocycles. The highest BCUT2D eigenvalue weighted by atomic mass is 16.5. The minimum absolute atomic E-state index is 0.0228. The highest BCUT2D eigenvalue weighted by Crippen LogP contribution is 2.20. The molecule has 0 saturated carbocycles. The van der Waals surface area contributed by atoms with E-state index in [4.69, 9.17) is 14.2 Å². The maximum absolute atomic E-state index is 12.0. The van der Waals surface area contributed by atoms with Crippen molar-refractivity contribution in [3.05, 3.63) is 29.8 Å². The van der Waals surface area contributed by atoms with Crippen molar-refractivity contribution in [3.63, 3.8) is 0 Å². The van der Waals surface area contributed by atoms with Crippen LogP contribution >= 0.6 is 0 Å². The van der Waals surface area contributed by atoms with Crippen LogP contribution in [0.25, 0.3) is 0 Å². The Balaban J connectivity index is 0.00000176. The molecule has 0 aromatic heterocycles. The molecule has 27 heavy (non-hydrogen) atoms. The number of hydrogen-bond acceptors (Lipinski definition) is 5. The van der Waals surface area contributed by atoms with Crippen LogP contribution < -0.4 is 4.74 Å². The molecule has 0 unspecified atom stereocenters. The summed E-state index contributed by atoms with van der Waals surface area (Å²) in [6.07, 6.45) is 2.28. The number of rotatable bonds is 10. The van der Waals surface area contributed by atoms with Crippen LogP contribution in [-0.2, 0) is 9.47 Å². The normalized spacial score (nSPS) is 15.3. The van der Waals surface area contributed by atoms with Crippen LogP contribution in [0, 0.1) is 5.92 Å². The molecule has 5 heteroatoms. The Bertz CT molecular complexity index is 508. The number of Topliss-reactive ketones (excluding diaryl/α,β-unsaturated/α-hetero) is 1. The van der Waals surface area contributed by atoms with Crippen molar-refractivity contribution in [1.29, 1.82) is 0 Å². The number of piperidine rings is 1. The molecule has 154 valence electrons. The van der Waals surface area contributed by atoms with Gasteiger partial charge >= 0.3 is 0 Å². The summed E-state index contributed by atoms with van der Waals surface area (Å²) in [5, 5.41) is 0. The average molecular weight is 380 g/mol. The van der Waals surface area contributed by atoms with Gasteiger partial charge in [0.25, 0.3) is 0 Å². The van der Waals surface area contributed by atoms with Gasteiger partial charge in [-0.3, -0.25) is 4.79 Å². The number of ketones is 1. The molecular formula is C22H37NO4. The first-order valence-corrected chi connectivity index (χ1v) is 10.2. The summed E-state index contributed by atoms with van der Waals surface area (Å²) >= 11 is 0. The van der Waals surface area contributed by atoms with Crippen LogP contribution in [0.15, 0.2) is 24.3 Å². The number of likely N-dealkylation sites (tertiary alicyclic amines) is 1. The van der Waals surface area contributed by atoms with Gasteiger partial charge in [0.2, 0.25) is 0 Å². The SMILES string of the molecule is CC.COCCOCCN1CCC(Oc2ccc(C(=O)C(C)C)cc2)CC1. The second kappa shape index (κ2) is 13.7. The minimum Gasteiger partial charge on any atom is -0.490 e. The van der Waals surface area contributed by atoms with Crippen LogP contribution in [0.5, 0.6) is 5.75 Å². The summed E-state index contributed by atoms with van der Waals surface area (Å²) in [5.74, 6) is 1.05. The van der Waals surface area contributed by atoms with E-state index >= 15 is 0 Å². The predicted octanol–water partition coefficient (Wildman–Crippen LogP) is 4.06. The molecule has 0 N–H and O–H groups in total. The average Bonchev–Trinajstić information content (AvgIpc) is 2.70. The third-order valence-corrected chi connectivity index (χ3v) is 4.48. The van der Waals surface area contributed by atoms with E-state index in [1.165, 1.54) is 0 Å². The molecule has 0 bridgehead atoms. The number of carbonyl (C=O) groups is 1. The molecule has 5 nitrogen and oxygen atoms in total. The zero-order valence-electron chi connectivity index (χ0n) is 17.7. The molecule has 1 aromatic carbocycles. The summed E-state index contributed by atoms with van der Waals surface area (Å²) in [6, 6.07) is 7.55. The molecule has 2 rings (SSSR count). The highest BCUT2D eigenvalue weighted by molar-refractivity contribution is 5.97. The van der Waals surface area contributed by atoms with Gasteiger partial charge in [-0.15, -0.1) is 0 Å². The molecule has 1 aliphatic rings. The zero-order chi connectivity index (χ0) is 20.1. The summed E-state index contributed by atoms with van der Waals surface area (Å²) in [5.41, 5.74) is 0.755. The molecule has 0 atom stereocenters. The molecule has 1 aromatic rings. The molecule has 1 aliphatic heterocycles. The van der Waals surface area contributed by atoms with Crippen molar-refractivity contribution in [2.75, 3.05) is 46.6 Å². The molecule has 0 amide bonds. The van der Waals surface area contributed by atoms with E-state index in [0.29, 0.717) is 13.2 Å². The van der Waals surface area contributed by atoms with Gasteiger partial charge in [-0.05, 0) is 37.1 Å². The zero-order valence-corrected chi connectivity index (χ0v) is 17.7. The second-order valence-electron chi connectivity index (χ2n) is 6.81. The van der Waals surface area contributed by atoms with Crippen molar-refractivity contribution in [2.45, 2.75) is 46.6 Å². The lowest BCUT2D eigenvalue weighted by Gasteiger charge is -2.32. The Kier molecular flexibility index (Phi) is 12.0. The number of nitrogens with zero attached hydrogens (tertiary/aromatic N) is 1. The lowest BCUT2D eigenvalue weighted by Crippen LogP contribution is -2.39. The lowest BCUT2D eigenvalue weighted by atomic mass is 10.0. The third-order valence-electron chi connectivity index (χ3n) is 4.48. The Labute approximate surface area is 165 Å². The van der Waals surface area contributed by atoms with E-state index in [1.807, 2.05) is 52.0 Å². The standard InChI is InChI=1S/C20H31NO4.C2H6/c1-16(2)20(22)17-4-6-18(7-5-17)25-19-8-10-21(11-9-19)12-13-24-15-14-23-3;1-2/h4-7,16,19H,8-15H2,1-3H3;1-2H3. The molecular weight excluding hydrogens is 342 g/mol. The topological polar surface area (TPSA) is 48.0 Å². The molecule has 1 heterocycles. The fraction of sp³-hybridized carbons (Fsp3) is 0.682. The van der Waals surface area contributed by atoms with E-state index in [9.17, 15) is 4.79 Å². The smallest absolute Gasteiger partial charge is 0.165 e. The fourth-order valence-corrected chi connectivity index (χ4v) is 2.91. The first-order valence-electron chi connectivity index (χ1n) is 10.2. The highest BCUT2D eigenvalue weighted by Gasteiger charge is 2.20. The first kappa shape index (κ1) is 23.6. The number of methoxy groups -OCH3 is 1. The Morgan fingerprint density at radius 3 is 2.26 bits per heavy atom. The predicted molar refractivity (Wildman–Crippen MR) is 110 cm³/mol. The summed E-state index contributed by atoms with van der Waals surface area (Å²) in [4.78, 5) is 14.4. The van der Waals surface area contributed by atoms with E-state index in [-0.39, 0.29) is 17.8 Å². The lowest BCUT2D eigenvalue weighted by molar-refractivity contribution is 0.0424. The van der Waals surface area contributed by atoms with Crippen LogP contribution in [0.4, 0.5) is 0 Å². The van der Waals surface area contributed by atoms with Crippen LogP contribution in [0.1, 0.15) is 50.9 Å². The van der Waals surface area contributed by atoms with Crippen molar-refractivity contribution >= 4 is 5.78 Å². The van der Waals surface area contributed by atoms with Gasteiger partial charge in [0, 0.05) is 38.2 Å². The Hall–Kier alpha value is -1.43. The monoisotopic (exact) mass is 379 g/mol. The quantitative estimate of drug-likeness (QED) is 0.453. The maximum Gasteiger partial charge on any atom is 0.165 e. The number of ether oxygens (including phenoxy) is 3. The largest absolute Gasteiger partial charge is 0.490 e. The number of benzene rings is 1. The first-order chi connectivity index (χ1) is 13.1. The summed E-state index contributed by atoms with van der Waals surface area (Å²) in [6.45, 7) is 12.9.